The molecule has 1 aromatic rings. The van der Waals surface area contributed by atoms with Gasteiger partial charge < -0.3 is 14.6 Å². The second-order valence-electron chi connectivity index (χ2n) is 6.04. The number of carbonyl (C=O) groups excluding carboxylic acids is 2. The molecule has 0 bridgehead atoms. The molecule has 0 saturated carbocycles. The van der Waals surface area contributed by atoms with Gasteiger partial charge in [-0.1, -0.05) is 19.8 Å². The minimum absolute atomic E-state index is 0.00615. The number of aryl methyl sites for hydroxylation is 1. The Kier molecular flexibility index (Phi) is 6.04. The van der Waals surface area contributed by atoms with E-state index in [1.54, 1.807) is 13.0 Å². The van der Waals surface area contributed by atoms with Crippen LogP contribution in [0.2, 0.25) is 0 Å². The third-order valence-corrected chi connectivity index (χ3v) is 4.40. The average molecular weight is 306 g/mol. The fourth-order valence-corrected chi connectivity index (χ4v) is 3.10. The maximum Gasteiger partial charge on any atom is 0.255 e. The first kappa shape index (κ1) is 16.6. The van der Waals surface area contributed by atoms with Gasteiger partial charge in [-0.25, -0.2) is 0 Å². The van der Waals surface area contributed by atoms with Crippen molar-refractivity contribution in [2.24, 2.45) is 5.92 Å². The van der Waals surface area contributed by atoms with Crippen LogP contribution in [-0.4, -0.2) is 36.3 Å². The van der Waals surface area contributed by atoms with E-state index in [9.17, 15) is 9.59 Å². The topological polar surface area (TPSA) is 62.6 Å². The van der Waals surface area contributed by atoms with Crippen molar-refractivity contribution >= 4 is 11.8 Å². The number of nitrogens with one attached hydrogen (secondary N) is 1. The van der Waals surface area contributed by atoms with E-state index >= 15 is 0 Å². The second kappa shape index (κ2) is 8.01. The van der Waals surface area contributed by atoms with Crippen LogP contribution in [0, 0.1) is 12.8 Å². The lowest BCUT2D eigenvalue weighted by Gasteiger charge is -2.20. The molecule has 1 aromatic heterocycles. The molecule has 2 rings (SSSR count). The quantitative estimate of drug-likeness (QED) is 0.910. The third kappa shape index (κ3) is 4.36. The third-order valence-electron chi connectivity index (χ3n) is 4.40. The van der Waals surface area contributed by atoms with Crippen LogP contribution in [0.25, 0.3) is 0 Å². The van der Waals surface area contributed by atoms with Crippen LogP contribution in [-0.2, 0) is 4.79 Å². The van der Waals surface area contributed by atoms with Crippen molar-refractivity contribution in [2.75, 3.05) is 19.6 Å². The van der Waals surface area contributed by atoms with Crippen molar-refractivity contribution in [3.8, 4) is 0 Å². The van der Waals surface area contributed by atoms with Crippen LogP contribution >= 0.6 is 0 Å². The van der Waals surface area contributed by atoms with Crippen LogP contribution in [0.1, 0.15) is 55.1 Å². The van der Waals surface area contributed by atoms with Gasteiger partial charge >= 0.3 is 0 Å². The number of amides is 2. The summed E-state index contributed by atoms with van der Waals surface area (Å²) >= 11 is 0. The lowest BCUT2D eigenvalue weighted by Crippen LogP contribution is -2.40. The predicted octanol–water partition coefficient (Wildman–Crippen LogP) is 2.75. The van der Waals surface area contributed by atoms with E-state index in [-0.39, 0.29) is 18.4 Å². The van der Waals surface area contributed by atoms with Gasteiger partial charge in [0.2, 0.25) is 5.91 Å². The molecule has 5 heteroatoms. The average Bonchev–Trinajstić information content (AvgIpc) is 2.79. The number of nitrogens with zero attached hydrogens (tertiary/aromatic N) is 1. The van der Waals surface area contributed by atoms with E-state index in [4.69, 9.17) is 4.42 Å². The van der Waals surface area contributed by atoms with Crippen molar-refractivity contribution in [2.45, 2.75) is 46.0 Å². The van der Waals surface area contributed by atoms with Gasteiger partial charge in [-0.15, -0.1) is 0 Å². The van der Waals surface area contributed by atoms with Crippen LogP contribution in [0.3, 0.4) is 0 Å². The van der Waals surface area contributed by atoms with Crippen molar-refractivity contribution < 1.29 is 14.0 Å². The molecule has 1 saturated heterocycles. The Morgan fingerprint density at radius 2 is 2.18 bits per heavy atom. The minimum Gasteiger partial charge on any atom is -0.469 e. The maximum absolute atomic E-state index is 12.3. The van der Waals surface area contributed by atoms with E-state index in [1.807, 2.05) is 4.90 Å². The molecular weight excluding hydrogens is 280 g/mol. The Morgan fingerprint density at radius 3 is 2.86 bits per heavy atom. The van der Waals surface area contributed by atoms with Gasteiger partial charge in [0.25, 0.3) is 5.91 Å². The van der Waals surface area contributed by atoms with Gasteiger partial charge in [0, 0.05) is 13.1 Å². The number of hydrogen-bond acceptors (Lipinski definition) is 3. The first-order valence-electron chi connectivity index (χ1n) is 8.22. The summed E-state index contributed by atoms with van der Waals surface area (Å²) in [5.41, 5.74) is 0.492. The number of likely N-dealkylation sites (tertiary alicyclic amines) is 1. The van der Waals surface area contributed by atoms with E-state index in [2.05, 4.69) is 12.2 Å². The molecule has 0 aromatic carbocycles. The summed E-state index contributed by atoms with van der Waals surface area (Å²) in [6.07, 6.45) is 7.28. The molecular formula is C17H26N2O3. The van der Waals surface area contributed by atoms with E-state index < -0.39 is 0 Å². The Morgan fingerprint density at radius 1 is 1.36 bits per heavy atom. The first-order chi connectivity index (χ1) is 10.6. The normalized spacial score (nSPS) is 18.8. The molecule has 0 spiro atoms. The molecule has 2 amide bonds. The molecule has 122 valence electrons. The molecule has 0 aliphatic carbocycles. The second-order valence-corrected chi connectivity index (χ2v) is 6.04. The SMILES string of the molecule is CCC[C@@H]1CCCN(C(=O)CNC(=O)c2ccoc2C)CC1. The zero-order valence-electron chi connectivity index (χ0n) is 13.6. The Labute approximate surface area is 132 Å². The molecule has 0 radical (unpaired) electrons. The molecule has 1 aliphatic rings. The highest BCUT2D eigenvalue weighted by molar-refractivity contribution is 5.97. The number of furan rings is 1. The Hall–Kier alpha value is -1.78. The monoisotopic (exact) mass is 306 g/mol. The van der Waals surface area contributed by atoms with Gasteiger partial charge in [-0.3, -0.25) is 9.59 Å². The lowest BCUT2D eigenvalue weighted by atomic mass is 9.96. The van der Waals surface area contributed by atoms with Crippen molar-refractivity contribution in [1.29, 1.82) is 0 Å². The predicted molar refractivity (Wildman–Crippen MR) is 84.6 cm³/mol. The van der Waals surface area contributed by atoms with Crippen LogP contribution in [0.5, 0.6) is 0 Å². The van der Waals surface area contributed by atoms with Crippen molar-refractivity contribution in [3.63, 3.8) is 0 Å². The largest absolute Gasteiger partial charge is 0.469 e. The highest BCUT2D eigenvalue weighted by Gasteiger charge is 2.21. The lowest BCUT2D eigenvalue weighted by molar-refractivity contribution is -0.130. The van der Waals surface area contributed by atoms with Gasteiger partial charge in [0.05, 0.1) is 18.4 Å². The van der Waals surface area contributed by atoms with E-state index in [1.165, 1.54) is 25.5 Å². The molecule has 1 atom stereocenters. The first-order valence-corrected chi connectivity index (χ1v) is 8.22. The molecule has 2 heterocycles. The molecule has 1 aliphatic heterocycles. The molecule has 0 unspecified atom stereocenters. The summed E-state index contributed by atoms with van der Waals surface area (Å²) in [5, 5.41) is 2.69. The molecule has 22 heavy (non-hydrogen) atoms. The number of hydrogen-bond donors (Lipinski definition) is 1. The minimum atomic E-state index is -0.252. The van der Waals surface area contributed by atoms with E-state index in [0.717, 1.165) is 31.8 Å². The molecule has 5 nitrogen and oxygen atoms in total. The van der Waals surface area contributed by atoms with E-state index in [0.29, 0.717) is 11.3 Å². The summed E-state index contributed by atoms with van der Waals surface area (Å²) in [4.78, 5) is 26.1. The van der Waals surface area contributed by atoms with Gasteiger partial charge in [-0.2, -0.15) is 0 Å². The van der Waals surface area contributed by atoms with Gasteiger partial charge in [0.15, 0.2) is 0 Å². The Bertz CT molecular complexity index is 510. The standard InChI is InChI=1S/C17H26N2O3/c1-3-5-14-6-4-9-19(10-7-14)16(20)12-18-17(21)15-8-11-22-13(15)2/h8,11,14H,3-7,9-10,12H2,1-2H3,(H,18,21)/t14-/m1/s1. The van der Waals surface area contributed by atoms with Crippen LogP contribution in [0.4, 0.5) is 0 Å². The van der Waals surface area contributed by atoms with Crippen molar-refractivity contribution in [3.05, 3.63) is 23.7 Å². The van der Waals surface area contributed by atoms with Gasteiger partial charge in [-0.05, 0) is 38.2 Å². The van der Waals surface area contributed by atoms with Gasteiger partial charge in [0.1, 0.15) is 5.76 Å². The summed E-state index contributed by atoms with van der Waals surface area (Å²) in [7, 11) is 0. The summed E-state index contributed by atoms with van der Waals surface area (Å²) < 4.78 is 5.10. The maximum atomic E-state index is 12.3. The molecule has 1 N–H and O–H groups in total. The fourth-order valence-electron chi connectivity index (χ4n) is 3.10. The summed E-state index contributed by atoms with van der Waals surface area (Å²) in [5.74, 6) is 1.07. The molecule has 1 fully saturated rings. The highest BCUT2D eigenvalue weighted by atomic mass is 16.3. The zero-order chi connectivity index (χ0) is 15.9. The fraction of sp³-hybridized carbons (Fsp3) is 0.647. The summed E-state index contributed by atoms with van der Waals surface area (Å²) in [6.45, 7) is 5.62. The number of rotatable bonds is 5. The zero-order valence-corrected chi connectivity index (χ0v) is 13.6. The Balaban J connectivity index is 1.80. The number of carbonyl (C=O) groups is 2. The van der Waals surface area contributed by atoms with Crippen LogP contribution < -0.4 is 5.32 Å². The van der Waals surface area contributed by atoms with Crippen LogP contribution in [0.15, 0.2) is 16.7 Å². The van der Waals surface area contributed by atoms with Crippen molar-refractivity contribution in [1.82, 2.24) is 10.2 Å². The highest BCUT2D eigenvalue weighted by Crippen LogP contribution is 2.21. The summed E-state index contributed by atoms with van der Waals surface area (Å²) in [6, 6.07) is 1.62. The smallest absolute Gasteiger partial charge is 0.255 e.